The van der Waals surface area contributed by atoms with Gasteiger partial charge in [0.15, 0.2) is 0 Å². The Labute approximate surface area is 124 Å². The van der Waals surface area contributed by atoms with Gasteiger partial charge in [0.05, 0.1) is 17.1 Å². The van der Waals surface area contributed by atoms with Gasteiger partial charge in [-0.05, 0) is 55.0 Å². The van der Waals surface area contributed by atoms with Crippen molar-refractivity contribution in [3.8, 4) is 0 Å². The van der Waals surface area contributed by atoms with Gasteiger partial charge in [-0.3, -0.25) is 0 Å². The van der Waals surface area contributed by atoms with Gasteiger partial charge in [-0.1, -0.05) is 30.3 Å². The lowest BCUT2D eigenvalue weighted by atomic mass is 9.87. The molecule has 1 aliphatic rings. The average Bonchev–Trinajstić information content (AvgIpc) is 2.81. The molecule has 3 nitrogen and oxygen atoms in total. The molecule has 2 N–H and O–H groups in total. The van der Waals surface area contributed by atoms with Crippen molar-refractivity contribution in [1.29, 1.82) is 0 Å². The first-order valence-corrected chi connectivity index (χ1v) is 7.56. The van der Waals surface area contributed by atoms with E-state index >= 15 is 0 Å². The zero-order chi connectivity index (χ0) is 14.4. The van der Waals surface area contributed by atoms with Gasteiger partial charge in [0.25, 0.3) is 0 Å². The lowest BCUT2D eigenvalue weighted by Gasteiger charge is -2.27. The molecule has 0 radical (unpaired) electrons. The van der Waals surface area contributed by atoms with E-state index in [1.54, 1.807) is 0 Å². The Hall–Kier alpha value is -2.29. The van der Waals surface area contributed by atoms with Gasteiger partial charge in [0, 0.05) is 0 Å². The first-order chi connectivity index (χ1) is 10.2. The third-order valence-corrected chi connectivity index (χ3v) is 4.52. The van der Waals surface area contributed by atoms with Gasteiger partial charge in [0.2, 0.25) is 5.95 Å². The Morgan fingerprint density at radius 2 is 2.05 bits per heavy atom. The minimum absolute atomic E-state index is 0.308. The molecular weight excluding hydrogens is 258 g/mol. The number of fused-ring (bicyclic) bond motifs is 2. The molecule has 1 unspecified atom stereocenters. The van der Waals surface area contributed by atoms with Gasteiger partial charge >= 0.3 is 0 Å². The van der Waals surface area contributed by atoms with Crippen LogP contribution in [0.25, 0.3) is 11.0 Å². The highest BCUT2D eigenvalue weighted by Crippen LogP contribution is 2.36. The van der Waals surface area contributed by atoms with Crippen LogP contribution in [0, 0.1) is 6.92 Å². The SMILES string of the molecule is Cc1ccc2c(c1)nc(N)n2C1CCCc2ccccc21. The summed E-state index contributed by atoms with van der Waals surface area (Å²) in [6.45, 7) is 2.09. The average molecular weight is 277 g/mol. The van der Waals surface area contributed by atoms with Crippen LogP contribution in [0.4, 0.5) is 5.95 Å². The van der Waals surface area contributed by atoms with E-state index in [1.165, 1.54) is 23.1 Å². The van der Waals surface area contributed by atoms with E-state index in [-0.39, 0.29) is 0 Å². The third-order valence-electron chi connectivity index (χ3n) is 4.52. The molecule has 0 bridgehead atoms. The molecule has 4 rings (SSSR count). The number of hydrogen-bond acceptors (Lipinski definition) is 2. The summed E-state index contributed by atoms with van der Waals surface area (Å²) in [5, 5.41) is 0. The monoisotopic (exact) mass is 277 g/mol. The van der Waals surface area contributed by atoms with Crippen LogP contribution in [0.5, 0.6) is 0 Å². The van der Waals surface area contributed by atoms with Gasteiger partial charge in [-0.15, -0.1) is 0 Å². The smallest absolute Gasteiger partial charge is 0.201 e. The van der Waals surface area contributed by atoms with Crippen molar-refractivity contribution in [2.24, 2.45) is 0 Å². The Kier molecular flexibility index (Phi) is 2.74. The van der Waals surface area contributed by atoms with E-state index in [2.05, 4.69) is 58.9 Å². The minimum Gasteiger partial charge on any atom is -0.369 e. The summed E-state index contributed by atoms with van der Waals surface area (Å²) in [5.74, 6) is 0.623. The molecule has 21 heavy (non-hydrogen) atoms. The van der Waals surface area contributed by atoms with E-state index in [9.17, 15) is 0 Å². The van der Waals surface area contributed by atoms with Crippen molar-refractivity contribution < 1.29 is 0 Å². The van der Waals surface area contributed by atoms with E-state index in [4.69, 9.17) is 5.73 Å². The molecule has 1 aliphatic carbocycles. The Morgan fingerprint density at radius 1 is 1.19 bits per heavy atom. The zero-order valence-corrected chi connectivity index (χ0v) is 12.2. The molecule has 0 fully saturated rings. The van der Waals surface area contributed by atoms with E-state index in [1.807, 2.05) is 0 Å². The number of hydrogen-bond donors (Lipinski definition) is 1. The molecule has 3 heteroatoms. The largest absolute Gasteiger partial charge is 0.369 e. The topological polar surface area (TPSA) is 43.8 Å². The van der Waals surface area contributed by atoms with Crippen LogP contribution in [0.1, 0.15) is 35.6 Å². The highest BCUT2D eigenvalue weighted by Gasteiger charge is 2.24. The second-order valence-electron chi connectivity index (χ2n) is 5.94. The van der Waals surface area contributed by atoms with Crippen molar-refractivity contribution in [3.05, 3.63) is 59.2 Å². The predicted molar refractivity (Wildman–Crippen MR) is 86.4 cm³/mol. The van der Waals surface area contributed by atoms with E-state index in [0.717, 1.165) is 23.9 Å². The summed E-state index contributed by atoms with van der Waals surface area (Å²) < 4.78 is 2.22. The summed E-state index contributed by atoms with van der Waals surface area (Å²) in [6, 6.07) is 15.4. The molecule has 0 saturated carbocycles. The summed E-state index contributed by atoms with van der Waals surface area (Å²) in [7, 11) is 0. The molecule has 1 aromatic heterocycles. The number of nitrogens with zero attached hydrogens (tertiary/aromatic N) is 2. The summed E-state index contributed by atoms with van der Waals surface area (Å²) >= 11 is 0. The van der Waals surface area contributed by atoms with Gasteiger partial charge < -0.3 is 10.3 Å². The molecule has 1 atom stereocenters. The van der Waals surface area contributed by atoms with Gasteiger partial charge in [-0.25, -0.2) is 4.98 Å². The Balaban J connectivity index is 1.94. The number of nitrogen functional groups attached to an aromatic ring is 1. The molecule has 0 saturated heterocycles. The summed E-state index contributed by atoms with van der Waals surface area (Å²) in [6.07, 6.45) is 3.49. The number of imidazole rings is 1. The number of benzene rings is 2. The molecule has 106 valence electrons. The van der Waals surface area contributed by atoms with Crippen molar-refractivity contribution in [1.82, 2.24) is 9.55 Å². The first kappa shape index (κ1) is 12.5. The fourth-order valence-electron chi connectivity index (χ4n) is 3.55. The number of rotatable bonds is 1. The van der Waals surface area contributed by atoms with Crippen LogP contribution in [0.2, 0.25) is 0 Å². The van der Waals surface area contributed by atoms with Crippen LogP contribution in [-0.2, 0) is 6.42 Å². The molecule has 3 aromatic rings. The van der Waals surface area contributed by atoms with Crippen molar-refractivity contribution in [3.63, 3.8) is 0 Å². The van der Waals surface area contributed by atoms with Crippen molar-refractivity contribution in [2.45, 2.75) is 32.2 Å². The summed E-state index contributed by atoms with van der Waals surface area (Å²) in [4.78, 5) is 4.56. The normalized spacial score (nSPS) is 17.9. The second-order valence-corrected chi connectivity index (χ2v) is 5.94. The lowest BCUT2D eigenvalue weighted by Crippen LogP contribution is -2.18. The molecule has 0 aliphatic heterocycles. The fourth-order valence-corrected chi connectivity index (χ4v) is 3.55. The maximum absolute atomic E-state index is 6.24. The maximum atomic E-state index is 6.24. The molecule has 2 aromatic carbocycles. The van der Waals surface area contributed by atoms with Crippen LogP contribution in [0.3, 0.4) is 0 Å². The highest BCUT2D eigenvalue weighted by molar-refractivity contribution is 5.79. The van der Waals surface area contributed by atoms with Crippen LogP contribution in [-0.4, -0.2) is 9.55 Å². The Bertz CT molecular complexity index is 816. The second kappa shape index (κ2) is 4.62. The first-order valence-electron chi connectivity index (χ1n) is 7.56. The number of nitrogens with two attached hydrogens (primary N) is 1. The number of aromatic nitrogens is 2. The molecule has 0 spiro atoms. The van der Waals surface area contributed by atoms with E-state index < -0.39 is 0 Å². The number of aryl methyl sites for hydroxylation is 2. The van der Waals surface area contributed by atoms with Gasteiger partial charge in [0.1, 0.15) is 0 Å². The molecular formula is C18H19N3. The molecule has 0 amide bonds. The standard InChI is InChI=1S/C18H19N3/c1-12-9-10-17-15(11-12)20-18(19)21(17)16-8-4-6-13-5-2-3-7-14(13)16/h2-3,5,7,9-11,16H,4,6,8H2,1H3,(H2,19,20). The van der Waals surface area contributed by atoms with Gasteiger partial charge in [-0.2, -0.15) is 0 Å². The van der Waals surface area contributed by atoms with Crippen molar-refractivity contribution in [2.75, 3.05) is 5.73 Å². The highest BCUT2D eigenvalue weighted by atomic mass is 15.2. The minimum atomic E-state index is 0.308. The van der Waals surface area contributed by atoms with Crippen LogP contribution >= 0.6 is 0 Å². The van der Waals surface area contributed by atoms with Crippen LogP contribution in [0.15, 0.2) is 42.5 Å². The van der Waals surface area contributed by atoms with Crippen LogP contribution < -0.4 is 5.73 Å². The maximum Gasteiger partial charge on any atom is 0.201 e. The quantitative estimate of drug-likeness (QED) is 0.734. The fraction of sp³-hybridized carbons (Fsp3) is 0.278. The third kappa shape index (κ3) is 1.92. The van der Waals surface area contributed by atoms with E-state index in [0.29, 0.717) is 12.0 Å². The summed E-state index contributed by atoms with van der Waals surface area (Å²) in [5.41, 5.74) is 12.4. The van der Waals surface area contributed by atoms with Crippen molar-refractivity contribution >= 4 is 17.0 Å². The Morgan fingerprint density at radius 3 is 2.95 bits per heavy atom. The molecule has 1 heterocycles. The predicted octanol–water partition coefficient (Wildman–Crippen LogP) is 3.85. The zero-order valence-electron chi connectivity index (χ0n) is 12.2. The number of anilines is 1. The lowest BCUT2D eigenvalue weighted by molar-refractivity contribution is 0.504.